The van der Waals surface area contributed by atoms with Crippen LogP contribution in [-0.2, 0) is 4.74 Å². The maximum Gasteiger partial charge on any atom is 0.273 e. The van der Waals surface area contributed by atoms with Crippen LogP contribution >= 0.6 is 11.3 Å². The molecule has 1 amide bonds. The molecule has 1 aliphatic rings. The molecule has 8 nitrogen and oxygen atoms in total. The molecule has 1 fully saturated rings. The summed E-state index contributed by atoms with van der Waals surface area (Å²) < 4.78 is 12.9. The van der Waals surface area contributed by atoms with Gasteiger partial charge in [0.25, 0.3) is 5.91 Å². The summed E-state index contributed by atoms with van der Waals surface area (Å²) in [5.74, 6) is 0.741. The number of pyridine rings is 1. The van der Waals surface area contributed by atoms with Crippen LogP contribution < -0.4 is 4.74 Å². The van der Waals surface area contributed by atoms with E-state index >= 15 is 0 Å². The molecule has 0 bridgehead atoms. The quantitative estimate of drug-likeness (QED) is 0.489. The van der Waals surface area contributed by atoms with Crippen molar-refractivity contribution in [2.75, 3.05) is 26.8 Å². The number of aromatic nitrogens is 4. The first-order valence-corrected chi connectivity index (χ1v) is 10.8. The Balaban J connectivity index is 1.39. The van der Waals surface area contributed by atoms with E-state index in [9.17, 15) is 4.79 Å². The Kier molecular flexibility index (Phi) is 5.13. The molecule has 1 unspecified atom stereocenters. The first-order chi connectivity index (χ1) is 15.1. The van der Waals surface area contributed by atoms with Gasteiger partial charge in [-0.25, -0.2) is 9.50 Å². The predicted octanol–water partition coefficient (Wildman–Crippen LogP) is 3.38. The number of aryl methyl sites for hydroxylation is 1. The largest absolute Gasteiger partial charge is 0.497 e. The fourth-order valence-electron chi connectivity index (χ4n) is 3.72. The number of amides is 1. The maximum atomic E-state index is 12.8. The molecule has 1 saturated heterocycles. The van der Waals surface area contributed by atoms with Crippen LogP contribution in [0.25, 0.3) is 16.6 Å². The average Bonchev–Trinajstić information content (AvgIpc) is 3.44. The van der Waals surface area contributed by atoms with E-state index in [2.05, 4.69) is 15.3 Å². The number of nitrogens with zero attached hydrogens (tertiary/aromatic N) is 5. The molecule has 0 aliphatic carbocycles. The molecule has 0 radical (unpaired) electrons. The van der Waals surface area contributed by atoms with Crippen LogP contribution in [0.15, 0.2) is 48.0 Å². The van der Waals surface area contributed by atoms with Crippen molar-refractivity contribution in [1.29, 1.82) is 0 Å². The molecule has 4 heterocycles. The number of ether oxygens (including phenoxy) is 2. The smallest absolute Gasteiger partial charge is 0.273 e. The highest BCUT2D eigenvalue weighted by atomic mass is 32.1. The lowest BCUT2D eigenvalue weighted by Gasteiger charge is -2.31. The third kappa shape index (κ3) is 3.77. The van der Waals surface area contributed by atoms with Crippen molar-refractivity contribution in [3.05, 3.63) is 64.4 Å². The lowest BCUT2D eigenvalue weighted by Crippen LogP contribution is -2.42. The summed E-state index contributed by atoms with van der Waals surface area (Å²) in [6, 6.07) is 11.9. The summed E-state index contributed by atoms with van der Waals surface area (Å²) >= 11 is 1.48. The molecule has 0 saturated carbocycles. The Bertz CT molecular complexity index is 1230. The van der Waals surface area contributed by atoms with Crippen LogP contribution in [0.5, 0.6) is 5.75 Å². The van der Waals surface area contributed by atoms with Crippen molar-refractivity contribution >= 4 is 22.8 Å². The number of hydrogen-bond acceptors (Lipinski definition) is 7. The van der Waals surface area contributed by atoms with E-state index in [0.717, 1.165) is 33.1 Å². The molecule has 5 rings (SSSR count). The van der Waals surface area contributed by atoms with Gasteiger partial charge in [-0.05, 0) is 30.7 Å². The van der Waals surface area contributed by atoms with Gasteiger partial charge < -0.3 is 14.4 Å². The number of benzene rings is 1. The minimum atomic E-state index is -0.332. The maximum absolute atomic E-state index is 12.8. The van der Waals surface area contributed by atoms with Crippen molar-refractivity contribution in [2.24, 2.45) is 0 Å². The highest BCUT2D eigenvalue weighted by molar-refractivity contribution is 7.09. The molecule has 4 aromatic rings. The third-order valence-electron chi connectivity index (χ3n) is 5.36. The van der Waals surface area contributed by atoms with Gasteiger partial charge in [0.15, 0.2) is 0 Å². The Labute approximate surface area is 183 Å². The number of hydrogen-bond donors (Lipinski definition) is 0. The fraction of sp³-hybridized carbons (Fsp3) is 0.273. The molecular formula is C22H21N5O3S. The number of fused-ring (bicyclic) bond motifs is 1. The second-order valence-electron chi connectivity index (χ2n) is 7.31. The van der Waals surface area contributed by atoms with Gasteiger partial charge in [-0.2, -0.15) is 0 Å². The van der Waals surface area contributed by atoms with Gasteiger partial charge in [0, 0.05) is 23.7 Å². The Morgan fingerprint density at radius 1 is 1.19 bits per heavy atom. The lowest BCUT2D eigenvalue weighted by atomic mass is 10.1. The number of carbonyl (C=O) groups is 1. The van der Waals surface area contributed by atoms with Gasteiger partial charge in [-0.15, -0.1) is 16.4 Å². The first-order valence-electron chi connectivity index (χ1n) is 9.95. The van der Waals surface area contributed by atoms with Crippen LogP contribution in [-0.4, -0.2) is 57.4 Å². The molecule has 9 heteroatoms. The second kappa shape index (κ2) is 8.09. The van der Waals surface area contributed by atoms with E-state index in [0.29, 0.717) is 25.4 Å². The molecule has 0 N–H and O–H groups in total. The highest BCUT2D eigenvalue weighted by Gasteiger charge is 2.30. The second-order valence-corrected chi connectivity index (χ2v) is 8.38. The SMILES string of the molecule is COc1ccc(-c2ccc3c(C4CN(C(=O)c5csc(C)n5)CCO4)nnn3c2)cc1. The fourth-order valence-corrected chi connectivity index (χ4v) is 4.31. The van der Waals surface area contributed by atoms with Crippen molar-refractivity contribution < 1.29 is 14.3 Å². The van der Waals surface area contributed by atoms with Gasteiger partial charge >= 0.3 is 0 Å². The van der Waals surface area contributed by atoms with E-state index < -0.39 is 0 Å². The average molecular weight is 436 g/mol. The molecule has 31 heavy (non-hydrogen) atoms. The summed E-state index contributed by atoms with van der Waals surface area (Å²) in [5.41, 5.74) is 4.16. The highest BCUT2D eigenvalue weighted by Crippen LogP contribution is 2.28. The standard InChI is InChI=1S/C22H21N5O3S/c1-14-23-18(13-31-14)22(28)26-9-10-30-20(12-26)21-19-8-5-16(11-27(19)25-24-21)15-3-6-17(29-2)7-4-15/h3-8,11,13,20H,9-10,12H2,1-2H3. The number of rotatable bonds is 4. The van der Waals surface area contributed by atoms with Crippen LogP contribution in [0.3, 0.4) is 0 Å². The van der Waals surface area contributed by atoms with E-state index in [1.165, 1.54) is 11.3 Å². The van der Waals surface area contributed by atoms with Gasteiger partial charge in [-0.1, -0.05) is 23.4 Å². The third-order valence-corrected chi connectivity index (χ3v) is 6.13. The summed E-state index contributed by atoms with van der Waals surface area (Å²) in [6.45, 7) is 3.30. The van der Waals surface area contributed by atoms with Crippen LogP contribution in [0.4, 0.5) is 0 Å². The molecule has 1 aromatic carbocycles. The topological polar surface area (TPSA) is 81.8 Å². The molecule has 158 valence electrons. The zero-order chi connectivity index (χ0) is 21.4. The van der Waals surface area contributed by atoms with Gasteiger partial charge in [0.1, 0.15) is 23.2 Å². The number of thiazole rings is 1. The van der Waals surface area contributed by atoms with E-state index in [-0.39, 0.29) is 12.0 Å². The lowest BCUT2D eigenvalue weighted by molar-refractivity contribution is -0.0242. The van der Waals surface area contributed by atoms with Crippen molar-refractivity contribution in [1.82, 2.24) is 24.7 Å². The number of methoxy groups -OCH3 is 1. The number of carbonyl (C=O) groups excluding carboxylic acids is 1. The summed E-state index contributed by atoms with van der Waals surface area (Å²) in [5, 5.41) is 11.3. The van der Waals surface area contributed by atoms with Gasteiger partial charge in [0.2, 0.25) is 0 Å². The Morgan fingerprint density at radius 2 is 2.00 bits per heavy atom. The first kappa shape index (κ1) is 19.7. The summed E-state index contributed by atoms with van der Waals surface area (Å²) in [7, 11) is 1.65. The van der Waals surface area contributed by atoms with E-state index in [1.807, 2.05) is 49.5 Å². The zero-order valence-corrected chi connectivity index (χ0v) is 18.0. The van der Waals surface area contributed by atoms with Crippen LogP contribution in [0, 0.1) is 6.92 Å². The summed E-state index contributed by atoms with van der Waals surface area (Å²) in [6.07, 6.45) is 1.61. The molecule has 3 aromatic heterocycles. The zero-order valence-electron chi connectivity index (χ0n) is 17.2. The summed E-state index contributed by atoms with van der Waals surface area (Å²) in [4.78, 5) is 18.9. The molecule has 1 atom stereocenters. The molecule has 1 aliphatic heterocycles. The normalized spacial score (nSPS) is 16.6. The molecular weight excluding hydrogens is 414 g/mol. The minimum Gasteiger partial charge on any atom is -0.497 e. The Hall–Kier alpha value is -3.30. The number of morpholine rings is 1. The Morgan fingerprint density at radius 3 is 2.74 bits per heavy atom. The predicted molar refractivity (Wildman–Crippen MR) is 116 cm³/mol. The van der Waals surface area contributed by atoms with E-state index in [1.54, 1.807) is 21.9 Å². The van der Waals surface area contributed by atoms with Crippen LogP contribution in [0.2, 0.25) is 0 Å². The van der Waals surface area contributed by atoms with Crippen molar-refractivity contribution in [3.63, 3.8) is 0 Å². The monoisotopic (exact) mass is 435 g/mol. The van der Waals surface area contributed by atoms with Gasteiger partial charge in [-0.3, -0.25) is 4.79 Å². The minimum absolute atomic E-state index is 0.0732. The van der Waals surface area contributed by atoms with Gasteiger partial charge in [0.05, 0.1) is 30.8 Å². The van der Waals surface area contributed by atoms with Crippen molar-refractivity contribution in [2.45, 2.75) is 13.0 Å². The van der Waals surface area contributed by atoms with Crippen LogP contribution in [0.1, 0.15) is 27.3 Å². The van der Waals surface area contributed by atoms with Crippen molar-refractivity contribution in [3.8, 4) is 16.9 Å². The van der Waals surface area contributed by atoms with E-state index in [4.69, 9.17) is 9.47 Å². The molecule has 0 spiro atoms.